The van der Waals surface area contributed by atoms with Gasteiger partial charge in [0, 0.05) is 24.4 Å². The van der Waals surface area contributed by atoms with E-state index in [1.165, 1.54) is 39.3 Å². The van der Waals surface area contributed by atoms with Gasteiger partial charge >= 0.3 is 0 Å². The second-order valence-electron chi connectivity index (χ2n) is 7.38. The van der Waals surface area contributed by atoms with Gasteiger partial charge in [-0.25, -0.2) is 0 Å². The summed E-state index contributed by atoms with van der Waals surface area (Å²) in [4.78, 5) is 9.60. The van der Waals surface area contributed by atoms with Crippen molar-refractivity contribution in [3.8, 4) is 22.4 Å². The lowest BCUT2D eigenvalue weighted by Gasteiger charge is -2.37. The standard InChI is InChI=1S/C25H19N3/c1-27-22-11-5-6-12-23(22)28-21-14-13-18(17-8-3-2-4-9-17)16-20(21)24-19(25(27)28)10-7-15-26-24/h2-16,25H,1H3. The molecule has 0 spiro atoms. The first-order chi connectivity index (χ1) is 13.8. The molecule has 2 aliphatic rings. The van der Waals surface area contributed by atoms with Gasteiger partial charge in [0.1, 0.15) is 6.17 Å². The van der Waals surface area contributed by atoms with Crippen molar-refractivity contribution >= 4 is 17.1 Å². The van der Waals surface area contributed by atoms with Crippen LogP contribution in [0.1, 0.15) is 11.7 Å². The maximum atomic E-state index is 4.80. The lowest BCUT2D eigenvalue weighted by atomic mass is 9.92. The van der Waals surface area contributed by atoms with E-state index in [4.69, 9.17) is 4.98 Å². The van der Waals surface area contributed by atoms with E-state index in [0.717, 1.165) is 5.69 Å². The molecule has 3 heteroatoms. The van der Waals surface area contributed by atoms with Crippen LogP contribution in [0.15, 0.2) is 91.1 Å². The fraction of sp³-hybridized carbons (Fsp3) is 0.0800. The fourth-order valence-corrected chi connectivity index (χ4v) is 4.61. The van der Waals surface area contributed by atoms with Gasteiger partial charge in [-0.2, -0.15) is 0 Å². The predicted octanol–water partition coefficient (Wildman–Crippen LogP) is 6.02. The molecule has 0 N–H and O–H groups in total. The minimum absolute atomic E-state index is 0.135. The van der Waals surface area contributed by atoms with Gasteiger partial charge in [-0.3, -0.25) is 4.98 Å². The number of aromatic nitrogens is 1. The smallest absolute Gasteiger partial charge is 0.134 e. The first-order valence-electron chi connectivity index (χ1n) is 9.59. The number of benzene rings is 3. The van der Waals surface area contributed by atoms with Crippen LogP contribution in [0, 0.1) is 0 Å². The van der Waals surface area contributed by atoms with Gasteiger partial charge < -0.3 is 9.80 Å². The second kappa shape index (κ2) is 5.70. The number of para-hydroxylation sites is 2. The maximum Gasteiger partial charge on any atom is 0.134 e. The molecule has 4 aromatic rings. The zero-order valence-corrected chi connectivity index (χ0v) is 15.6. The molecule has 1 atom stereocenters. The lowest BCUT2D eigenvalue weighted by molar-refractivity contribution is 0.709. The first kappa shape index (κ1) is 15.5. The summed E-state index contributed by atoms with van der Waals surface area (Å²) < 4.78 is 0. The average molecular weight is 361 g/mol. The van der Waals surface area contributed by atoms with E-state index >= 15 is 0 Å². The number of hydrogen-bond acceptors (Lipinski definition) is 3. The molecule has 0 bridgehead atoms. The Balaban J connectivity index is 1.63. The highest BCUT2D eigenvalue weighted by atomic mass is 15.4. The van der Waals surface area contributed by atoms with Crippen LogP contribution in [-0.2, 0) is 0 Å². The van der Waals surface area contributed by atoms with Gasteiger partial charge in [0.15, 0.2) is 0 Å². The van der Waals surface area contributed by atoms with E-state index in [0.29, 0.717) is 0 Å². The summed E-state index contributed by atoms with van der Waals surface area (Å²) in [5.41, 5.74) is 9.68. The third-order valence-corrected chi connectivity index (χ3v) is 5.87. The van der Waals surface area contributed by atoms with Gasteiger partial charge in [0.25, 0.3) is 0 Å². The Hall–Kier alpha value is -3.59. The molecule has 28 heavy (non-hydrogen) atoms. The Morgan fingerprint density at radius 1 is 0.714 bits per heavy atom. The maximum absolute atomic E-state index is 4.80. The van der Waals surface area contributed by atoms with E-state index in [1.807, 2.05) is 12.3 Å². The number of rotatable bonds is 1. The van der Waals surface area contributed by atoms with Crippen LogP contribution in [-0.4, -0.2) is 12.0 Å². The molecule has 0 aliphatic carbocycles. The number of nitrogens with zero attached hydrogens (tertiary/aromatic N) is 3. The molecule has 0 saturated heterocycles. The number of hydrogen-bond donors (Lipinski definition) is 0. The molecule has 0 amide bonds. The fourth-order valence-electron chi connectivity index (χ4n) is 4.61. The van der Waals surface area contributed by atoms with E-state index in [2.05, 4.69) is 95.7 Å². The van der Waals surface area contributed by atoms with E-state index in [-0.39, 0.29) is 6.17 Å². The zero-order valence-electron chi connectivity index (χ0n) is 15.6. The van der Waals surface area contributed by atoms with Crippen molar-refractivity contribution in [2.24, 2.45) is 0 Å². The normalized spacial score (nSPS) is 16.2. The molecular formula is C25H19N3. The van der Waals surface area contributed by atoms with Crippen LogP contribution in [0.2, 0.25) is 0 Å². The topological polar surface area (TPSA) is 19.4 Å². The van der Waals surface area contributed by atoms with Gasteiger partial charge in [-0.05, 0) is 41.5 Å². The summed E-state index contributed by atoms with van der Waals surface area (Å²) in [6.45, 7) is 0. The summed E-state index contributed by atoms with van der Waals surface area (Å²) in [7, 11) is 2.17. The summed E-state index contributed by atoms with van der Waals surface area (Å²) in [5.74, 6) is 0. The van der Waals surface area contributed by atoms with Crippen LogP contribution >= 0.6 is 0 Å². The summed E-state index contributed by atoms with van der Waals surface area (Å²) >= 11 is 0. The summed E-state index contributed by atoms with van der Waals surface area (Å²) in [6.07, 6.45) is 2.03. The molecule has 0 fully saturated rings. The molecule has 2 aliphatic heterocycles. The molecule has 3 aromatic carbocycles. The Labute approximate surface area is 164 Å². The van der Waals surface area contributed by atoms with Crippen LogP contribution in [0.25, 0.3) is 22.4 Å². The zero-order chi connectivity index (χ0) is 18.7. The largest absolute Gasteiger partial charge is 0.348 e. The number of anilines is 3. The predicted molar refractivity (Wildman–Crippen MR) is 115 cm³/mol. The highest BCUT2D eigenvalue weighted by Gasteiger charge is 2.41. The monoisotopic (exact) mass is 361 g/mol. The third kappa shape index (κ3) is 2.01. The van der Waals surface area contributed by atoms with E-state index in [1.54, 1.807) is 0 Å². The molecule has 1 unspecified atom stereocenters. The molecule has 0 radical (unpaired) electrons. The van der Waals surface area contributed by atoms with Crippen molar-refractivity contribution < 1.29 is 0 Å². The molecule has 1 aromatic heterocycles. The van der Waals surface area contributed by atoms with Crippen LogP contribution < -0.4 is 9.80 Å². The summed E-state index contributed by atoms with van der Waals surface area (Å²) in [5, 5.41) is 0. The minimum Gasteiger partial charge on any atom is -0.348 e. The Morgan fingerprint density at radius 2 is 1.50 bits per heavy atom. The SMILES string of the molecule is CN1c2ccccc2N2c3ccc(-c4ccccc4)cc3-c3ncccc3C12. The number of fused-ring (bicyclic) bond motifs is 8. The third-order valence-electron chi connectivity index (χ3n) is 5.87. The Morgan fingerprint density at radius 3 is 2.36 bits per heavy atom. The van der Waals surface area contributed by atoms with Crippen LogP contribution in [0.4, 0.5) is 17.1 Å². The van der Waals surface area contributed by atoms with E-state index in [9.17, 15) is 0 Å². The van der Waals surface area contributed by atoms with Gasteiger partial charge in [-0.15, -0.1) is 0 Å². The highest BCUT2D eigenvalue weighted by Crippen LogP contribution is 2.56. The van der Waals surface area contributed by atoms with Crippen LogP contribution in [0.5, 0.6) is 0 Å². The van der Waals surface area contributed by atoms with Crippen molar-refractivity contribution in [1.82, 2.24) is 4.98 Å². The molecule has 6 rings (SSSR count). The molecule has 134 valence electrons. The summed E-state index contributed by atoms with van der Waals surface area (Å²) in [6, 6.07) is 30.2. The van der Waals surface area contributed by atoms with Gasteiger partial charge in [0.05, 0.1) is 22.8 Å². The Kier molecular flexibility index (Phi) is 3.15. The van der Waals surface area contributed by atoms with Crippen molar-refractivity contribution in [1.29, 1.82) is 0 Å². The first-order valence-corrected chi connectivity index (χ1v) is 9.59. The molecule has 3 nitrogen and oxygen atoms in total. The lowest BCUT2D eigenvalue weighted by Crippen LogP contribution is -2.33. The van der Waals surface area contributed by atoms with E-state index < -0.39 is 0 Å². The van der Waals surface area contributed by atoms with Crippen LogP contribution in [0.3, 0.4) is 0 Å². The number of pyridine rings is 1. The highest BCUT2D eigenvalue weighted by molar-refractivity contribution is 5.95. The molecule has 3 heterocycles. The van der Waals surface area contributed by atoms with Crippen molar-refractivity contribution in [3.05, 3.63) is 96.7 Å². The minimum atomic E-state index is 0.135. The molecular weight excluding hydrogens is 342 g/mol. The van der Waals surface area contributed by atoms with Gasteiger partial charge in [0.2, 0.25) is 0 Å². The average Bonchev–Trinajstić information content (AvgIpc) is 3.07. The second-order valence-corrected chi connectivity index (χ2v) is 7.38. The van der Waals surface area contributed by atoms with Crippen molar-refractivity contribution in [3.63, 3.8) is 0 Å². The van der Waals surface area contributed by atoms with Crippen molar-refractivity contribution in [2.45, 2.75) is 6.17 Å². The van der Waals surface area contributed by atoms with Crippen molar-refractivity contribution in [2.75, 3.05) is 16.8 Å². The quantitative estimate of drug-likeness (QED) is 0.413. The Bertz CT molecular complexity index is 1200. The van der Waals surface area contributed by atoms with Gasteiger partial charge in [-0.1, -0.05) is 54.6 Å². The molecule has 0 saturated carbocycles.